The highest BCUT2D eigenvalue weighted by molar-refractivity contribution is 7.09. The Morgan fingerprint density at radius 2 is 2.19 bits per heavy atom. The number of rotatable bonds is 6. The first-order valence-electron chi connectivity index (χ1n) is 6.47. The molecular formula is C15H15N3O2S. The van der Waals surface area contributed by atoms with Crippen molar-refractivity contribution in [2.24, 2.45) is 0 Å². The molecule has 0 aliphatic carbocycles. The molecule has 1 heterocycles. The first-order chi connectivity index (χ1) is 10.2. The van der Waals surface area contributed by atoms with Gasteiger partial charge in [-0.3, -0.25) is 4.79 Å². The minimum absolute atomic E-state index is 0.146. The van der Waals surface area contributed by atoms with Crippen molar-refractivity contribution >= 4 is 22.9 Å². The molecule has 1 aromatic heterocycles. The number of amides is 1. The van der Waals surface area contributed by atoms with Gasteiger partial charge in [0.25, 0.3) is 0 Å². The second-order valence-electron chi connectivity index (χ2n) is 4.37. The minimum atomic E-state index is -0.313. The maximum Gasteiger partial charge on any atom is 0.238 e. The Morgan fingerprint density at radius 1 is 1.43 bits per heavy atom. The molecule has 2 aromatic rings. The van der Waals surface area contributed by atoms with Crippen LogP contribution in [0.5, 0.6) is 5.75 Å². The molecule has 0 radical (unpaired) electrons. The molecule has 0 saturated heterocycles. The fourth-order valence-corrected chi connectivity index (χ4v) is 2.50. The van der Waals surface area contributed by atoms with Crippen LogP contribution in [0, 0.1) is 18.3 Å². The summed E-state index contributed by atoms with van der Waals surface area (Å²) in [6, 6.07) is 8.90. The lowest BCUT2D eigenvalue weighted by atomic mass is 10.3. The molecule has 5 nitrogen and oxygen atoms in total. The highest BCUT2D eigenvalue weighted by atomic mass is 32.1. The number of benzene rings is 1. The Kier molecular flexibility index (Phi) is 5.29. The second kappa shape index (κ2) is 7.41. The van der Waals surface area contributed by atoms with Gasteiger partial charge in [0.1, 0.15) is 12.2 Å². The number of carbonyl (C=O) groups excluding carboxylic acids is 1. The number of nitriles is 1. The summed E-state index contributed by atoms with van der Waals surface area (Å²) in [6.45, 7) is 2.58. The molecule has 0 saturated carbocycles. The molecule has 0 bridgehead atoms. The van der Waals surface area contributed by atoms with Crippen LogP contribution >= 0.6 is 11.3 Å². The van der Waals surface area contributed by atoms with Crippen LogP contribution in [0.2, 0.25) is 0 Å². The SMILES string of the molecule is Cc1ncsc1CCOc1ccc(NC(=O)CC#N)cc1. The van der Waals surface area contributed by atoms with Gasteiger partial charge in [-0.1, -0.05) is 0 Å². The van der Waals surface area contributed by atoms with Crippen LogP contribution < -0.4 is 10.1 Å². The second-order valence-corrected chi connectivity index (χ2v) is 5.31. The van der Waals surface area contributed by atoms with E-state index >= 15 is 0 Å². The summed E-state index contributed by atoms with van der Waals surface area (Å²) in [5, 5.41) is 11.1. The molecule has 0 unspecified atom stereocenters. The van der Waals surface area contributed by atoms with Crippen LogP contribution in [-0.2, 0) is 11.2 Å². The van der Waals surface area contributed by atoms with Gasteiger partial charge in [0.2, 0.25) is 5.91 Å². The first-order valence-corrected chi connectivity index (χ1v) is 7.35. The lowest BCUT2D eigenvalue weighted by molar-refractivity contribution is -0.115. The van der Waals surface area contributed by atoms with E-state index < -0.39 is 0 Å². The first kappa shape index (κ1) is 15.0. The molecule has 1 amide bonds. The number of nitrogens with zero attached hydrogens (tertiary/aromatic N) is 2. The van der Waals surface area contributed by atoms with Crippen LogP contribution in [-0.4, -0.2) is 17.5 Å². The molecule has 2 rings (SSSR count). The Balaban J connectivity index is 1.81. The smallest absolute Gasteiger partial charge is 0.238 e. The van der Waals surface area contributed by atoms with Crippen molar-refractivity contribution in [1.29, 1.82) is 5.26 Å². The number of nitrogens with one attached hydrogen (secondary N) is 1. The molecule has 108 valence electrons. The van der Waals surface area contributed by atoms with Crippen LogP contribution in [0.1, 0.15) is 17.0 Å². The van der Waals surface area contributed by atoms with E-state index in [1.165, 1.54) is 4.88 Å². The number of aryl methyl sites for hydroxylation is 1. The van der Waals surface area contributed by atoms with E-state index in [2.05, 4.69) is 10.3 Å². The van der Waals surface area contributed by atoms with E-state index in [4.69, 9.17) is 10.00 Å². The van der Waals surface area contributed by atoms with Crippen LogP contribution in [0.3, 0.4) is 0 Å². The van der Waals surface area contributed by atoms with Gasteiger partial charge in [-0.05, 0) is 31.2 Å². The van der Waals surface area contributed by atoms with E-state index in [0.717, 1.165) is 17.9 Å². The number of carbonyl (C=O) groups is 1. The molecule has 0 aliphatic rings. The number of ether oxygens (including phenoxy) is 1. The number of hydrogen-bond acceptors (Lipinski definition) is 5. The molecule has 0 aliphatic heterocycles. The predicted molar refractivity (Wildman–Crippen MR) is 81.4 cm³/mol. The van der Waals surface area contributed by atoms with Gasteiger partial charge >= 0.3 is 0 Å². The van der Waals surface area contributed by atoms with Crippen molar-refractivity contribution in [3.63, 3.8) is 0 Å². The fraction of sp³-hybridized carbons (Fsp3) is 0.267. The van der Waals surface area contributed by atoms with Gasteiger partial charge in [-0.2, -0.15) is 5.26 Å². The molecular weight excluding hydrogens is 286 g/mol. The van der Waals surface area contributed by atoms with E-state index in [9.17, 15) is 4.79 Å². The number of aromatic nitrogens is 1. The van der Waals surface area contributed by atoms with Gasteiger partial charge in [0, 0.05) is 17.0 Å². The largest absolute Gasteiger partial charge is 0.493 e. The zero-order valence-electron chi connectivity index (χ0n) is 11.6. The van der Waals surface area contributed by atoms with Crippen molar-refractivity contribution < 1.29 is 9.53 Å². The third-order valence-electron chi connectivity index (χ3n) is 2.82. The Morgan fingerprint density at radius 3 is 2.81 bits per heavy atom. The normalized spacial score (nSPS) is 9.90. The maximum atomic E-state index is 11.3. The van der Waals surface area contributed by atoms with Gasteiger partial charge in [0.15, 0.2) is 0 Å². The average molecular weight is 301 g/mol. The lowest BCUT2D eigenvalue weighted by Gasteiger charge is -2.07. The van der Waals surface area contributed by atoms with Gasteiger partial charge in [-0.15, -0.1) is 11.3 Å². The van der Waals surface area contributed by atoms with Crippen molar-refractivity contribution in [3.8, 4) is 11.8 Å². The lowest BCUT2D eigenvalue weighted by Crippen LogP contribution is -2.09. The fourth-order valence-electron chi connectivity index (χ4n) is 1.74. The summed E-state index contributed by atoms with van der Waals surface area (Å²) in [4.78, 5) is 16.7. The van der Waals surface area contributed by atoms with Crippen LogP contribution in [0.4, 0.5) is 5.69 Å². The molecule has 21 heavy (non-hydrogen) atoms. The average Bonchev–Trinajstić information content (AvgIpc) is 2.87. The van der Waals surface area contributed by atoms with Crippen LogP contribution in [0.15, 0.2) is 29.8 Å². The Labute approximate surface area is 127 Å². The van der Waals surface area contributed by atoms with Crippen molar-refractivity contribution in [2.75, 3.05) is 11.9 Å². The maximum absolute atomic E-state index is 11.3. The van der Waals surface area contributed by atoms with E-state index in [1.807, 2.05) is 12.4 Å². The molecule has 1 N–H and O–H groups in total. The molecule has 6 heteroatoms. The third-order valence-corrected chi connectivity index (χ3v) is 3.82. The summed E-state index contributed by atoms with van der Waals surface area (Å²) >= 11 is 1.63. The predicted octanol–water partition coefficient (Wildman–Crippen LogP) is 2.93. The standard InChI is InChI=1S/C15H15N3O2S/c1-11-14(21-10-17-11)7-9-20-13-4-2-12(3-5-13)18-15(19)6-8-16/h2-5,10H,6-7,9H2,1H3,(H,18,19). The zero-order valence-corrected chi connectivity index (χ0v) is 12.4. The summed E-state index contributed by atoms with van der Waals surface area (Å²) < 4.78 is 5.66. The highest BCUT2D eigenvalue weighted by Gasteiger charge is 2.03. The van der Waals surface area contributed by atoms with Crippen molar-refractivity contribution in [1.82, 2.24) is 4.98 Å². The molecule has 0 atom stereocenters. The zero-order chi connectivity index (χ0) is 15.1. The van der Waals surface area contributed by atoms with Crippen molar-refractivity contribution in [2.45, 2.75) is 19.8 Å². The minimum Gasteiger partial charge on any atom is -0.493 e. The number of hydrogen-bond donors (Lipinski definition) is 1. The van der Waals surface area contributed by atoms with Gasteiger partial charge in [0.05, 0.1) is 23.9 Å². The summed E-state index contributed by atoms with van der Waals surface area (Å²) in [7, 11) is 0. The summed E-state index contributed by atoms with van der Waals surface area (Å²) in [5.41, 5.74) is 3.55. The Hall–Kier alpha value is -2.39. The Bertz CT molecular complexity index is 644. The molecule has 1 aromatic carbocycles. The monoisotopic (exact) mass is 301 g/mol. The van der Waals surface area contributed by atoms with Crippen molar-refractivity contribution in [3.05, 3.63) is 40.3 Å². The molecule has 0 fully saturated rings. The number of anilines is 1. The van der Waals surface area contributed by atoms with Gasteiger partial charge < -0.3 is 10.1 Å². The quantitative estimate of drug-likeness (QED) is 0.890. The van der Waals surface area contributed by atoms with Crippen LogP contribution in [0.25, 0.3) is 0 Å². The summed E-state index contributed by atoms with van der Waals surface area (Å²) in [5.74, 6) is 0.433. The molecule has 0 spiro atoms. The highest BCUT2D eigenvalue weighted by Crippen LogP contribution is 2.17. The van der Waals surface area contributed by atoms with E-state index in [1.54, 1.807) is 41.7 Å². The van der Waals surface area contributed by atoms with E-state index in [0.29, 0.717) is 12.3 Å². The topological polar surface area (TPSA) is 75.0 Å². The van der Waals surface area contributed by atoms with E-state index in [-0.39, 0.29) is 12.3 Å². The number of thiazole rings is 1. The third kappa shape index (κ3) is 4.58. The van der Waals surface area contributed by atoms with Gasteiger partial charge in [-0.25, -0.2) is 4.98 Å². The summed E-state index contributed by atoms with van der Waals surface area (Å²) in [6.07, 6.45) is 0.684.